The van der Waals surface area contributed by atoms with Gasteiger partial charge in [0, 0.05) is 50.5 Å². The SMILES string of the molecule is C[C@@H]1CN(C(=O)CCc2ccccn2)CC[C@@]1(O)C1CCOCC1. The fourth-order valence-electron chi connectivity index (χ4n) is 4.11. The van der Waals surface area contributed by atoms with Crippen LogP contribution in [0.1, 0.15) is 38.3 Å². The number of likely N-dealkylation sites (tertiary alicyclic amines) is 1. The zero-order chi connectivity index (χ0) is 17.0. The van der Waals surface area contributed by atoms with Crippen LogP contribution in [-0.4, -0.2) is 52.8 Å². The average Bonchev–Trinajstić information content (AvgIpc) is 2.63. The molecule has 2 aliphatic heterocycles. The van der Waals surface area contributed by atoms with Gasteiger partial charge < -0.3 is 14.7 Å². The number of piperidine rings is 1. The summed E-state index contributed by atoms with van der Waals surface area (Å²) >= 11 is 0. The maximum Gasteiger partial charge on any atom is 0.222 e. The summed E-state index contributed by atoms with van der Waals surface area (Å²) in [6.07, 6.45) is 5.45. The zero-order valence-electron chi connectivity index (χ0n) is 14.5. The monoisotopic (exact) mass is 332 g/mol. The second-order valence-electron chi connectivity index (χ2n) is 7.19. The molecule has 1 N–H and O–H groups in total. The van der Waals surface area contributed by atoms with Gasteiger partial charge in [-0.15, -0.1) is 0 Å². The number of hydrogen-bond acceptors (Lipinski definition) is 4. The molecule has 0 spiro atoms. The number of amides is 1. The third-order valence-electron chi connectivity index (χ3n) is 5.73. The van der Waals surface area contributed by atoms with Gasteiger partial charge in [0.15, 0.2) is 0 Å². The number of pyridine rings is 1. The molecule has 0 radical (unpaired) electrons. The highest BCUT2D eigenvalue weighted by molar-refractivity contribution is 5.76. The number of nitrogens with zero attached hydrogens (tertiary/aromatic N) is 2. The molecule has 0 bridgehead atoms. The lowest BCUT2D eigenvalue weighted by atomic mass is 9.70. The van der Waals surface area contributed by atoms with E-state index < -0.39 is 5.60 Å². The number of aromatic nitrogens is 1. The molecule has 132 valence electrons. The van der Waals surface area contributed by atoms with Crippen LogP contribution in [0, 0.1) is 11.8 Å². The molecule has 0 aromatic carbocycles. The topological polar surface area (TPSA) is 62.7 Å². The minimum atomic E-state index is -0.651. The van der Waals surface area contributed by atoms with E-state index in [1.54, 1.807) is 6.20 Å². The van der Waals surface area contributed by atoms with Crippen LogP contribution >= 0.6 is 0 Å². The maximum absolute atomic E-state index is 12.5. The fraction of sp³-hybridized carbons (Fsp3) is 0.684. The van der Waals surface area contributed by atoms with E-state index in [4.69, 9.17) is 4.74 Å². The minimum absolute atomic E-state index is 0.105. The second-order valence-corrected chi connectivity index (χ2v) is 7.19. The highest BCUT2D eigenvalue weighted by atomic mass is 16.5. The van der Waals surface area contributed by atoms with Crippen LogP contribution in [0.4, 0.5) is 0 Å². The minimum Gasteiger partial charge on any atom is -0.389 e. The lowest BCUT2D eigenvalue weighted by Crippen LogP contribution is -2.56. The summed E-state index contributed by atoms with van der Waals surface area (Å²) in [7, 11) is 0. The highest BCUT2D eigenvalue weighted by Crippen LogP contribution is 2.39. The van der Waals surface area contributed by atoms with Crippen molar-refractivity contribution in [2.45, 2.75) is 44.6 Å². The Morgan fingerprint density at radius 3 is 2.88 bits per heavy atom. The first kappa shape index (κ1) is 17.4. The molecule has 5 heteroatoms. The quantitative estimate of drug-likeness (QED) is 0.916. The van der Waals surface area contributed by atoms with Crippen molar-refractivity contribution in [3.63, 3.8) is 0 Å². The molecule has 0 unspecified atom stereocenters. The molecule has 1 aromatic rings. The van der Waals surface area contributed by atoms with Crippen molar-refractivity contribution in [1.82, 2.24) is 9.88 Å². The van der Waals surface area contributed by atoms with Crippen LogP contribution in [0.2, 0.25) is 0 Å². The molecule has 2 aliphatic rings. The Bertz CT molecular complexity index is 545. The fourth-order valence-corrected chi connectivity index (χ4v) is 4.11. The molecular formula is C19H28N2O3. The normalized spacial score (nSPS) is 28.8. The second kappa shape index (κ2) is 7.62. The number of ether oxygens (including phenoxy) is 1. The van der Waals surface area contributed by atoms with Gasteiger partial charge in [-0.25, -0.2) is 0 Å². The molecule has 1 amide bonds. The number of aliphatic hydroxyl groups is 1. The van der Waals surface area contributed by atoms with Crippen LogP contribution in [0.15, 0.2) is 24.4 Å². The summed E-state index contributed by atoms with van der Waals surface area (Å²) < 4.78 is 5.42. The van der Waals surface area contributed by atoms with Crippen LogP contribution in [0.5, 0.6) is 0 Å². The van der Waals surface area contributed by atoms with E-state index in [-0.39, 0.29) is 11.8 Å². The van der Waals surface area contributed by atoms with E-state index in [2.05, 4.69) is 11.9 Å². The Kier molecular flexibility index (Phi) is 5.51. The Balaban J connectivity index is 1.53. The summed E-state index contributed by atoms with van der Waals surface area (Å²) in [6.45, 7) is 4.86. The molecule has 0 saturated carbocycles. The van der Waals surface area contributed by atoms with Gasteiger partial charge in [0.05, 0.1) is 5.60 Å². The van der Waals surface area contributed by atoms with Crippen molar-refractivity contribution in [2.24, 2.45) is 11.8 Å². The van der Waals surface area contributed by atoms with Gasteiger partial charge in [0.25, 0.3) is 0 Å². The van der Waals surface area contributed by atoms with Crippen LogP contribution < -0.4 is 0 Å². The lowest BCUT2D eigenvalue weighted by Gasteiger charge is -2.48. The predicted molar refractivity (Wildman–Crippen MR) is 91.4 cm³/mol. The number of carbonyl (C=O) groups excluding carboxylic acids is 1. The van der Waals surface area contributed by atoms with E-state index in [1.165, 1.54) is 0 Å². The molecule has 2 fully saturated rings. The van der Waals surface area contributed by atoms with Crippen LogP contribution in [0.3, 0.4) is 0 Å². The molecule has 1 aromatic heterocycles. The lowest BCUT2D eigenvalue weighted by molar-refractivity contribution is -0.151. The van der Waals surface area contributed by atoms with Gasteiger partial charge in [0.1, 0.15) is 0 Å². The number of aryl methyl sites for hydroxylation is 1. The van der Waals surface area contributed by atoms with Crippen molar-refractivity contribution >= 4 is 5.91 Å². The van der Waals surface area contributed by atoms with Gasteiger partial charge in [-0.3, -0.25) is 9.78 Å². The highest BCUT2D eigenvalue weighted by Gasteiger charge is 2.45. The van der Waals surface area contributed by atoms with Crippen molar-refractivity contribution in [3.8, 4) is 0 Å². The Morgan fingerprint density at radius 2 is 2.21 bits per heavy atom. The standard InChI is InChI=1S/C19H28N2O3/c1-15-14-21(18(22)6-5-17-4-2-3-10-20-17)11-9-19(15,23)16-7-12-24-13-8-16/h2-4,10,15-16,23H,5-9,11-14H2,1H3/t15-,19+/m1/s1. The van der Waals surface area contributed by atoms with E-state index in [0.29, 0.717) is 38.3 Å². The summed E-state index contributed by atoms with van der Waals surface area (Å²) in [6, 6.07) is 5.79. The Morgan fingerprint density at radius 1 is 1.42 bits per heavy atom. The Labute approximate surface area is 144 Å². The predicted octanol–water partition coefficient (Wildman–Crippen LogP) is 2.04. The molecule has 2 atom stereocenters. The number of rotatable bonds is 4. The van der Waals surface area contributed by atoms with E-state index in [0.717, 1.165) is 31.7 Å². The molecule has 3 heterocycles. The van der Waals surface area contributed by atoms with Crippen LogP contribution in [0.25, 0.3) is 0 Å². The van der Waals surface area contributed by atoms with Crippen molar-refractivity contribution in [3.05, 3.63) is 30.1 Å². The van der Waals surface area contributed by atoms with Gasteiger partial charge >= 0.3 is 0 Å². The van der Waals surface area contributed by atoms with Crippen molar-refractivity contribution in [2.75, 3.05) is 26.3 Å². The number of carbonyl (C=O) groups is 1. The molecule has 5 nitrogen and oxygen atoms in total. The molecular weight excluding hydrogens is 304 g/mol. The largest absolute Gasteiger partial charge is 0.389 e. The summed E-state index contributed by atoms with van der Waals surface area (Å²) in [4.78, 5) is 18.7. The zero-order valence-corrected chi connectivity index (χ0v) is 14.5. The van der Waals surface area contributed by atoms with E-state index >= 15 is 0 Å². The van der Waals surface area contributed by atoms with Crippen molar-refractivity contribution in [1.29, 1.82) is 0 Å². The third-order valence-corrected chi connectivity index (χ3v) is 5.73. The van der Waals surface area contributed by atoms with Gasteiger partial charge in [-0.2, -0.15) is 0 Å². The first-order valence-electron chi connectivity index (χ1n) is 9.07. The summed E-state index contributed by atoms with van der Waals surface area (Å²) in [5.41, 5.74) is 0.302. The van der Waals surface area contributed by atoms with Gasteiger partial charge in [-0.05, 0) is 43.7 Å². The average molecular weight is 332 g/mol. The third kappa shape index (κ3) is 3.78. The first-order valence-corrected chi connectivity index (χ1v) is 9.07. The van der Waals surface area contributed by atoms with Crippen molar-refractivity contribution < 1.29 is 14.6 Å². The molecule has 24 heavy (non-hydrogen) atoms. The maximum atomic E-state index is 12.5. The van der Waals surface area contributed by atoms with Gasteiger partial charge in [-0.1, -0.05) is 13.0 Å². The first-order chi connectivity index (χ1) is 11.6. The smallest absolute Gasteiger partial charge is 0.222 e. The van der Waals surface area contributed by atoms with E-state index in [9.17, 15) is 9.90 Å². The molecule has 3 rings (SSSR count). The summed E-state index contributed by atoms with van der Waals surface area (Å²) in [5.74, 6) is 0.571. The molecule has 2 saturated heterocycles. The van der Waals surface area contributed by atoms with E-state index in [1.807, 2.05) is 23.1 Å². The summed E-state index contributed by atoms with van der Waals surface area (Å²) in [5, 5.41) is 11.2. The molecule has 0 aliphatic carbocycles. The Hall–Kier alpha value is -1.46. The van der Waals surface area contributed by atoms with Crippen LogP contribution in [-0.2, 0) is 16.0 Å². The number of hydrogen-bond donors (Lipinski definition) is 1. The van der Waals surface area contributed by atoms with Gasteiger partial charge in [0.2, 0.25) is 5.91 Å².